The third kappa shape index (κ3) is 4.82. The highest BCUT2D eigenvalue weighted by molar-refractivity contribution is 5.96. The van der Waals surface area contributed by atoms with Crippen LogP contribution >= 0.6 is 0 Å². The molecule has 0 aliphatic rings. The average Bonchev–Trinajstić information content (AvgIpc) is 2.35. The number of aliphatic hydroxyl groups excluding tert-OH is 1. The van der Waals surface area contributed by atoms with Crippen molar-refractivity contribution in [3.63, 3.8) is 0 Å². The molecule has 1 unspecified atom stereocenters. The zero-order valence-electron chi connectivity index (χ0n) is 10.8. The van der Waals surface area contributed by atoms with Crippen molar-refractivity contribution >= 4 is 5.91 Å². The molecule has 0 aliphatic heterocycles. The molecule has 4 nitrogen and oxygen atoms in total. The Kier molecular flexibility index (Phi) is 5.69. The zero-order valence-corrected chi connectivity index (χ0v) is 10.8. The lowest BCUT2D eigenvalue weighted by atomic mass is 10.1. The second-order valence-corrected chi connectivity index (χ2v) is 4.40. The zero-order chi connectivity index (χ0) is 14.4. The SMILES string of the molecule is CC(C)C(O)CNC(=O)c1ccccc1OC(F)F. The van der Waals surface area contributed by atoms with Crippen molar-refractivity contribution in [2.24, 2.45) is 5.92 Å². The van der Waals surface area contributed by atoms with E-state index in [2.05, 4.69) is 10.1 Å². The fourth-order valence-electron chi connectivity index (χ4n) is 1.38. The topological polar surface area (TPSA) is 58.6 Å². The van der Waals surface area contributed by atoms with E-state index in [-0.39, 0.29) is 23.8 Å². The molecule has 1 atom stereocenters. The first kappa shape index (κ1) is 15.4. The summed E-state index contributed by atoms with van der Waals surface area (Å²) < 4.78 is 28.6. The molecule has 1 aromatic carbocycles. The summed E-state index contributed by atoms with van der Waals surface area (Å²) >= 11 is 0. The largest absolute Gasteiger partial charge is 0.434 e. The Bertz CT molecular complexity index is 424. The normalized spacial score (nSPS) is 12.6. The van der Waals surface area contributed by atoms with Crippen LogP contribution in [-0.4, -0.2) is 30.3 Å². The summed E-state index contributed by atoms with van der Waals surface area (Å²) in [5, 5.41) is 12.1. The number of carbonyl (C=O) groups excluding carboxylic acids is 1. The molecule has 0 saturated carbocycles. The van der Waals surface area contributed by atoms with Gasteiger partial charge in [0.05, 0.1) is 11.7 Å². The van der Waals surface area contributed by atoms with Gasteiger partial charge < -0.3 is 15.2 Å². The first-order valence-corrected chi connectivity index (χ1v) is 5.92. The minimum atomic E-state index is -2.99. The van der Waals surface area contributed by atoms with E-state index in [1.165, 1.54) is 18.2 Å². The molecule has 0 aliphatic carbocycles. The van der Waals surface area contributed by atoms with Crippen LogP contribution in [0, 0.1) is 5.92 Å². The molecule has 1 amide bonds. The standard InChI is InChI=1S/C13H17F2NO3/c1-8(2)10(17)7-16-12(18)9-5-3-4-6-11(9)19-13(14)15/h3-6,8,10,13,17H,7H2,1-2H3,(H,16,18). The predicted molar refractivity (Wildman–Crippen MR) is 66.3 cm³/mol. The Hall–Kier alpha value is -1.69. The van der Waals surface area contributed by atoms with E-state index in [0.717, 1.165) is 0 Å². The number of carbonyl (C=O) groups is 1. The molecule has 0 spiro atoms. The number of nitrogens with one attached hydrogen (secondary N) is 1. The van der Waals surface area contributed by atoms with Gasteiger partial charge in [0.1, 0.15) is 5.75 Å². The number of amides is 1. The van der Waals surface area contributed by atoms with Crippen molar-refractivity contribution in [2.75, 3.05) is 6.54 Å². The second kappa shape index (κ2) is 7.04. The number of rotatable bonds is 6. The van der Waals surface area contributed by atoms with Crippen molar-refractivity contribution < 1.29 is 23.4 Å². The molecule has 2 N–H and O–H groups in total. The van der Waals surface area contributed by atoms with Gasteiger partial charge in [-0.2, -0.15) is 8.78 Å². The van der Waals surface area contributed by atoms with Gasteiger partial charge in [-0.1, -0.05) is 26.0 Å². The summed E-state index contributed by atoms with van der Waals surface area (Å²) in [7, 11) is 0. The molecule has 106 valence electrons. The number of alkyl halides is 2. The molecule has 1 aromatic rings. The molecule has 0 radical (unpaired) electrons. The average molecular weight is 273 g/mol. The molecular weight excluding hydrogens is 256 g/mol. The lowest BCUT2D eigenvalue weighted by Gasteiger charge is -2.16. The van der Waals surface area contributed by atoms with Crippen molar-refractivity contribution in [1.82, 2.24) is 5.32 Å². The van der Waals surface area contributed by atoms with Crippen molar-refractivity contribution in [3.05, 3.63) is 29.8 Å². The highest BCUT2D eigenvalue weighted by atomic mass is 19.3. The van der Waals surface area contributed by atoms with Crippen LogP contribution in [0.2, 0.25) is 0 Å². The Morgan fingerprint density at radius 1 is 1.37 bits per heavy atom. The maximum atomic E-state index is 12.2. The van der Waals surface area contributed by atoms with Gasteiger partial charge in [0.15, 0.2) is 0 Å². The smallest absolute Gasteiger partial charge is 0.387 e. The van der Waals surface area contributed by atoms with E-state index in [4.69, 9.17) is 0 Å². The third-order valence-corrected chi connectivity index (χ3v) is 2.59. The third-order valence-electron chi connectivity index (χ3n) is 2.59. The number of hydrogen-bond donors (Lipinski definition) is 2. The van der Waals surface area contributed by atoms with E-state index in [1.807, 2.05) is 13.8 Å². The van der Waals surface area contributed by atoms with Gasteiger partial charge in [0, 0.05) is 6.54 Å². The highest BCUT2D eigenvalue weighted by Crippen LogP contribution is 2.20. The first-order chi connectivity index (χ1) is 8.91. The number of hydrogen-bond acceptors (Lipinski definition) is 3. The van der Waals surface area contributed by atoms with Gasteiger partial charge in [-0.25, -0.2) is 0 Å². The summed E-state index contributed by atoms with van der Waals surface area (Å²) in [6, 6.07) is 5.72. The minimum Gasteiger partial charge on any atom is -0.434 e. The van der Waals surface area contributed by atoms with Crippen LogP contribution in [0.1, 0.15) is 24.2 Å². The monoisotopic (exact) mass is 273 g/mol. The van der Waals surface area contributed by atoms with Gasteiger partial charge in [0.2, 0.25) is 0 Å². The van der Waals surface area contributed by atoms with Crippen LogP contribution in [0.25, 0.3) is 0 Å². The number of benzene rings is 1. The van der Waals surface area contributed by atoms with E-state index in [0.29, 0.717) is 0 Å². The Morgan fingerprint density at radius 2 is 2.00 bits per heavy atom. The van der Waals surface area contributed by atoms with Gasteiger partial charge in [-0.3, -0.25) is 4.79 Å². The summed E-state index contributed by atoms with van der Waals surface area (Å²) in [4.78, 5) is 11.8. The number of aliphatic hydroxyl groups is 1. The van der Waals surface area contributed by atoms with Gasteiger partial charge in [0.25, 0.3) is 5.91 Å². The van der Waals surface area contributed by atoms with E-state index in [9.17, 15) is 18.7 Å². The van der Waals surface area contributed by atoms with Crippen LogP contribution < -0.4 is 10.1 Å². The summed E-state index contributed by atoms with van der Waals surface area (Å²) in [6.45, 7) is 0.685. The molecule has 0 saturated heterocycles. The molecular formula is C13H17F2NO3. The Balaban J connectivity index is 2.71. The number of ether oxygens (including phenoxy) is 1. The van der Waals surface area contributed by atoms with E-state index < -0.39 is 18.6 Å². The first-order valence-electron chi connectivity index (χ1n) is 5.92. The molecule has 0 heterocycles. The molecule has 6 heteroatoms. The maximum Gasteiger partial charge on any atom is 0.387 e. The molecule has 1 rings (SSSR count). The van der Waals surface area contributed by atoms with Crippen molar-refractivity contribution in [2.45, 2.75) is 26.6 Å². The summed E-state index contributed by atoms with van der Waals surface area (Å²) in [5.74, 6) is -0.752. The molecule has 19 heavy (non-hydrogen) atoms. The minimum absolute atomic E-state index is 0.00661. The molecule has 0 aromatic heterocycles. The fraction of sp³-hybridized carbons (Fsp3) is 0.462. The van der Waals surface area contributed by atoms with Crippen LogP contribution in [0.4, 0.5) is 8.78 Å². The number of halogens is 2. The lowest BCUT2D eigenvalue weighted by Crippen LogP contribution is -2.34. The predicted octanol–water partition coefficient (Wildman–Crippen LogP) is 2.03. The molecule has 0 bridgehead atoms. The quantitative estimate of drug-likeness (QED) is 0.833. The van der Waals surface area contributed by atoms with E-state index in [1.54, 1.807) is 6.07 Å². The number of para-hydroxylation sites is 1. The van der Waals surface area contributed by atoms with Gasteiger partial charge >= 0.3 is 6.61 Å². The Morgan fingerprint density at radius 3 is 2.58 bits per heavy atom. The molecule has 0 fully saturated rings. The second-order valence-electron chi connectivity index (χ2n) is 4.40. The fourth-order valence-corrected chi connectivity index (χ4v) is 1.38. The van der Waals surface area contributed by atoms with Crippen molar-refractivity contribution in [1.29, 1.82) is 0 Å². The lowest BCUT2D eigenvalue weighted by molar-refractivity contribution is -0.0501. The van der Waals surface area contributed by atoms with Crippen LogP contribution in [-0.2, 0) is 0 Å². The van der Waals surface area contributed by atoms with E-state index >= 15 is 0 Å². The summed E-state index contributed by atoms with van der Waals surface area (Å²) in [5.41, 5.74) is 0.0127. The van der Waals surface area contributed by atoms with Crippen LogP contribution in [0.3, 0.4) is 0 Å². The van der Waals surface area contributed by atoms with Crippen LogP contribution in [0.5, 0.6) is 5.75 Å². The van der Waals surface area contributed by atoms with Gasteiger partial charge in [-0.15, -0.1) is 0 Å². The Labute approximate surface area is 110 Å². The maximum absolute atomic E-state index is 12.2. The summed E-state index contributed by atoms with van der Waals surface area (Å²) in [6.07, 6.45) is -0.688. The van der Waals surface area contributed by atoms with Crippen LogP contribution in [0.15, 0.2) is 24.3 Å². The van der Waals surface area contributed by atoms with Crippen molar-refractivity contribution in [3.8, 4) is 5.75 Å². The highest BCUT2D eigenvalue weighted by Gasteiger charge is 2.16. The van der Waals surface area contributed by atoms with Gasteiger partial charge in [-0.05, 0) is 18.1 Å².